The van der Waals surface area contributed by atoms with Crippen LogP contribution in [0.3, 0.4) is 0 Å². The second kappa shape index (κ2) is 7.47. The summed E-state index contributed by atoms with van der Waals surface area (Å²) in [5.41, 5.74) is 6.40. The summed E-state index contributed by atoms with van der Waals surface area (Å²) in [4.78, 5) is 0. The fourth-order valence-electron chi connectivity index (χ4n) is 1.73. The van der Waals surface area contributed by atoms with Gasteiger partial charge in [0.2, 0.25) is 0 Å². The highest BCUT2D eigenvalue weighted by atomic mass is 19.4. The lowest BCUT2D eigenvalue weighted by atomic mass is 10.0. The Morgan fingerprint density at radius 2 is 2.00 bits per heavy atom. The van der Waals surface area contributed by atoms with Gasteiger partial charge < -0.3 is 10.5 Å². The Morgan fingerprint density at radius 3 is 2.60 bits per heavy atom. The first-order valence-electron chi connectivity index (χ1n) is 6.55. The van der Waals surface area contributed by atoms with Gasteiger partial charge in [-0.3, -0.25) is 0 Å². The smallest absolute Gasteiger partial charge is 0.389 e. The largest absolute Gasteiger partial charge is 0.493 e. The number of halogens is 4. The Bertz CT molecular complexity index is 420. The highest BCUT2D eigenvalue weighted by molar-refractivity contribution is 5.34. The molecule has 0 saturated carbocycles. The van der Waals surface area contributed by atoms with Gasteiger partial charge in [0.25, 0.3) is 0 Å². The van der Waals surface area contributed by atoms with Gasteiger partial charge in [-0.2, -0.15) is 13.2 Å². The summed E-state index contributed by atoms with van der Waals surface area (Å²) in [6.45, 7) is 1.85. The summed E-state index contributed by atoms with van der Waals surface area (Å²) in [6, 6.07) is 3.84. The highest BCUT2D eigenvalue weighted by Gasteiger charge is 2.26. The zero-order valence-electron chi connectivity index (χ0n) is 11.3. The average molecular weight is 293 g/mol. The summed E-state index contributed by atoms with van der Waals surface area (Å²) < 4.78 is 54.5. The Balaban J connectivity index is 2.60. The lowest BCUT2D eigenvalue weighted by Gasteiger charge is -2.15. The average Bonchev–Trinajstić information content (AvgIpc) is 2.35. The molecule has 0 aliphatic rings. The van der Waals surface area contributed by atoms with Crippen LogP contribution in [0.4, 0.5) is 17.6 Å². The van der Waals surface area contributed by atoms with E-state index in [4.69, 9.17) is 10.5 Å². The molecule has 114 valence electrons. The summed E-state index contributed by atoms with van der Waals surface area (Å²) >= 11 is 0. The van der Waals surface area contributed by atoms with E-state index >= 15 is 0 Å². The molecule has 6 heteroatoms. The first-order valence-corrected chi connectivity index (χ1v) is 6.55. The van der Waals surface area contributed by atoms with Crippen LogP contribution in [0.1, 0.15) is 31.7 Å². The molecular weight excluding hydrogens is 274 g/mol. The summed E-state index contributed by atoms with van der Waals surface area (Å²) in [5, 5.41) is 0. The van der Waals surface area contributed by atoms with Crippen LogP contribution in [0.5, 0.6) is 5.75 Å². The number of alkyl halides is 3. The van der Waals surface area contributed by atoms with Crippen LogP contribution >= 0.6 is 0 Å². The van der Waals surface area contributed by atoms with Crippen LogP contribution in [0.2, 0.25) is 0 Å². The zero-order valence-corrected chi connectivity index (χ0v) is 11.3. The Kier molecular flexibility index (Phi) is 6.26. The molecule has 0 fully saturated rings. The molecule has 0 bridgehead atoms. The van der Waals surface area contributed by atoms with E-state index in [1.54, 1.807) is 0 Å². The number of rotatable bonds is 7. The molecule has 1 aromatic rings. The van der Waals surface area contributed by atoms with Gasteiger partial charge in [0.1, 0.15) is 11.6 Å². The third kappa shape index (κ3) is 6.23. The molecule has 20 heavy (non-hydrogen) atoms. The van der Waals surface area contributed by atoms with Crippen molar-refractivity contribution in [2.24, 2.45) is 5.73 Å². The zero-order chi connectivity index (χ0) is 15.2. The molecular formula is C14H19F4NO. The summed E-state index contributed by atoms with van der Waals surface area (Å²) in [5.74, 6) is -0.0107. The van der Waals surface area contributed by atoms with Crippen LogP contribution < -0.4 is 10.5 Å². The van der Waals surface area contributed by atoms with Crippen LogP contribution in [0.25, 0.3) is 0 Å². The fourth-order valence-corrected chi connectivity index (χ4v) is 1.73. The predicted octanol–water partition coefficient (Wildman–Crippen LogP) is 3.83. The lowest BCUT2D eigenvalue weighted by Crippen LogP contribution is -2.22. The van der Waals surface area contributed by atoms with Crippen molar-refractivity contribution < 1.29 is 22.3 Å². The molecule has 1 atom stereocenters. The first-order chi connectivity index (χ1) is 9.31. The van der Waals surface area contributed by atoms with E-state index in [0.29, 0.717) is 17.7 Å². The van der Waals surface area contributed by atoms with Crippen molar-refractivity contribution >= 4 is 0 Å². The highest BCUT2D eigenvalue weighted by Crippen LogP contribution is 2.24. The molecule has 2 N–H and O–H groups in total. The molecule has 0 radical (unpaired) electrons. The minimum absolute atomic E-state index is 0.0560. The van der Waals surface area contributed by atoms with E-state index in [1.807, 2.05) is 6.92 Å². The standard InChI is InChI=1S/C14H19F4NO/c1-2-12(19)9-10-8-11(15)4-5-13(10)20-7-3-6-14(16,17)18/h4-5,8,12H,2-3,6-7,9,19H2,1H3. The maximum absolute atomic E-state index is 13.2. The fraction of sp³-hybridized carbons (Fsp3) is 0.571. The van der Waals surface area contributed by atoms with Gasteiger partial charge in [-0.25, -0.2) is 4.39 Å². The molecule has 1 aromatic carbocycles. The van der Waals surface area contributed by atoms with Crippen LogP contribution in [0, 0.1) is 5.82 Å². The Morgan fingerprint density at radius 1 is 1.30 bits per heavy atom. The van der Waals surface area contributed by atoms with Gasteiger partial charge in [0, 0.05) is 12.5 Å². The van der Waals surface area contributed by atoms with Crippen molar-refractivity contribution in [2.45, 2.75) is 44.8 Å². The molecule has 0 spiro atoms. The topological polar surface area (TPSA) is 35.2 Å². The van der Waals surface area contributed by atoms with Gasteiger partial charge in [-0.05, 0) is 43.0 Å². The van der Waals surface area contributed by atoms with E-state index in [-0.39, 0.29) is 19.1 Å². The van der Waals surface area contributed by atoms with E-state index in [2.05, 4.69) is 0 Å². The normalized spacial score (nSPS) is 13.3. The summed E-state index contributed by atoms with van der Waals surface area (Å²) in [7, 11) is 0. The third-order valence-corrected chi connectivity index (χ3v) is 2.89. The predicted molar refractivity (Wildman–Crippen MR) is 69.2 cm³/mol. The quantitative estimate of drug-likeness (QED) is 0.612. The van der Waals surface area contributed by atoms with Crippen LogP contribution in [-0.2, 0) is 6.42 Å². The number of nitrogens with two attached hydrogens (primary N) is 1. The SMILES string of the molecule is CCC(N)Cc1cc(F)ccc1OCCCC(F)(F)F. The van der Waals surface area contributed by atoms with E-state index < -0.39 is 18.4 Å². The molecule has 0 amide bonds. The van der Waals surface area contributed by atoms with E-state index in [9.17, 15) is 17.6 Å². The minimum atomic E-state index is -4.18. The molecule has 0 saturated heterocycles. The maximum Gasteiger partial charge on any atom is 0.389 e. The minimum Gasteiger partial charge on any atom is -0.493 e. The Labute approximate surface area is 115 Å². The molecule has 2 nitrogen and oxygen atoms in total. The van der Waals surface area contributed by atoms with Crippen LogP contribution in [-0.4, -0.2) is 18.8 Å². The van der Waals surface area contributed by atoms with Crippen molar-refractivity contribution in [3.8, 4) is 5.75 Å². The molecule has 0 heterocycles. The number of hydrogen-bond donors (Lipinski definition) is 1. The van der Waals surface area contributed by atoms with Crippen LogP contribution in [0.15, 0.2) is 18.2 Å². The monoisotopic (exact) mass is 293 g/mol. The van der Waals surface area contributed by atoms with Gasteiger partial charge in [-0.15, -0.1) is 0 Å². The molecule has 0 aliphatic carbocycles. The maximum atomic E-state index is 13.2. The summed E-state index contributed by atoms with van der Waals surface area (Å²) in [6.07, 6.45) is -4.04. The number of ether oxygens (including phenoxy) is 1. The first kappa shape index (κ1) is 16.8. The van der Waals surface area contributed by atoms with Gasteiger partial charge in [0.15, 0.2) is 0 Å². The second-order valence-electron chi connectivity index (χ2n) is 4.69. The number of benzene rings is 1. The lowest BCUT2D eigenvalue weighted by molar-refractivity contribution is -0.136. The van der Waals surface area contributed by atoms with Gasteiger partial charge in [-0.1, -0.05) is 6.92 Å². The molecule has 0 aromatic heterocycles. The van der Waals surface area contributed by atoms with E-state index in [0.717, 1.165) is 6.42 Å². The number of hydrogen-bond acceptors (Lipinski definition) is 2. The Hall–Kier alpha value is -1.30. The van der Waals surface area contributed by atoms with Crippen molar-refractivity contribution in [3.05, 3.63) is 29.6 Å². The van der Waals surface area contributed by atoms with E-state index in [1.165, 1.54) is 18.2 Å². The molecule has 1 rings (SSSR count). The van der Waals surface area contributed by atoms with Gasteiger partial charge >= 0.3 is 6.18 Å². The van der Waals surface area contributed by atoms with Crippen molar-refractivity contribution in [3.63, 3.8) is 0 Å². The third-order valence-electron chi connectivity index (χ3n) is 2.89. The van der Waals surface area contributed by atoms with Crippen molar-refractivity contribution in [1.29, 1.82) is 0 Å². The van der Waals surface area contributed by atoms with Crippen molar-refractivity contribution in [1.82, 2.24) is 0 Å². The van der Waals surface area contributed by atoms with Crippen molar-refractivity contribution in [2.75, 3.05) is 6.61 Å². The second-order valence-corrected chi connectivity index (χ2v) is 4.69. The molecule has 1 unspecified atom stereocenters. The molecule has 0 aliphatic heterocycles. The van der Waals surface area contributed by atoms with Gasteiger partial charge in [0.05, 0.1) is 6.61 Å².